The van der Waals surface area contributed by atoms with Gasteiger partial charge in [-0.1, -0.05) is 35.9 Å². The molecular weight excluding hydrogens is 280 g/mol. The molecule has 2 nitrogen and oxygen atoms in total. The number of quaternary nitrogens is 1. The summed E-state index contributed by atoms with van der Waals surface area (Å²) < 4.78 is 0. The van der Waals surface area contributed by atoms with E-state index in [2.05, 4.69) is 48.2 Å². The Balaban J connectivity index is 1.58. The summed E-state index contributed by atoms with van der Waals surface area (Å²) in [6.07, 6.45) is 0. The lowest BCUT2D eigenvalue weighted by molar-refractivity contribution is -0.914. The molecule has 0 aromatic heterocycles. The van der Waals surface area contributed by atoms with Gasteiger partial charge in [0.25, 0.3) is 0 Å². The molecule has 2 aromatic carbocycles. The summed E-state index contributed by atoms with van der Waals surface area (Å²) in [5.41, 5.74) is 4.17. The molecule has 1 fully saturated rings. The van der Waals surface area contributed by atoms with Crippen LogP contribution in [-0.2, 0) is 6.54 Å². The molecule has 1 aliphatic rings. The fourth-order valence-electron chi connectivity index (χ4n) is 2.99. The Labute approximate surface area is 131 Å². The predicted molar refractivity (Wildman–Crippen MR) is 89.2 cm³/mol. The van der Waals surface area contributed by atoms with Gasteiger partial charge in [0.2, 0.25) is 0 Å². The van der Waals surface area contributed by atoms with Crippen LogP contribution in [0, 0.1) is 6.92 Å². The monoisotopic (exact) mass is 301 g/mol. The predicted octanol–water partition coefficient (Wildman–Crippen LogP) is 2.55. The average Bonchev–Trinajstić information content (AvgIpc) is 2.51. The van der Waals surface area contributed by atoms with Crippen molar-refractivity contribution in [2.75, 3.05) is 31.1 Å². The molecule has 0 bridgehead atoms. The Kier molecular flexibility index (Phi) is 4.47. The third-order valence-electron chi connectivity index (χ3n) is 4.36. The van der Waals surface area contributed by atoms with E-state index in [9.17, 15) is 0 Å². The second-order valence-electron chi connectivity index (χ2n) is 5.82. The first-order chi connectivity index (χ1) is 10.2. The summed E-state index contributed by atoms with van der Waals surface area (Å²) in [7, 11) is 0. The molecule has 0 aliphatic carbocycles. The van der Waals surface area contributed by atoms with E-state index in [4.69, 9.17) is 11.6 Å². The molecule has 0 saturated carbocycles. The highest BCUT2D eigenvalue weighted by molar-refractivity contribution is 6.30. The maximum Gasteiger partial charge on any atom is 0.103 e. The highest BCUT2D eigenvalue weighted by atomic mass is 35.5. The number of halogens is 1. The largest absolute Gasteiger partial charge is 0.360 e. The zero-order chi connectivity index (χ0) is 14.7. The first-order valence-electron chi connectivity index (χ1n) is 7.61. The lowest BCUT2D eigenvalue weighted by Crippen LogP contribution is -3.13. The topological polar surface area (TPSA) is 7.68 Å². The van der Waals surface area contributed by atoms with Crippen molar-refractivity contribution in [3.05, 3.63) is 64.7 Å². The van der Waals surface area contributed by atoms with Crippen LogP contribution in [0.3, 0.4) is 0 Å². The number of nitrogens with one attached hydrogen (secondary N) is 1. The number of aryl methyl sites for hydroxylation is 1. The van der Waals surface area contributed by atoms with Gasteiger partial charge in [-0.05, 0) is 36.8 Å². The van der Waals surface area contributed by atoms with Crippen molar-refractivity contribution in [2.45, 2.75) is 13.5 Å². The molecule has 1 heterocycles. The van der Waals surface area contributed by atoms with Crippen molar-refractivity contribution in [1.82, 2.24) is 0 Å². The molecule has 1 saturated heterocycles. The van der Waals surface area contributed by atoms with Gasteiger partial charge in [-0.3, -0.25) is 0 Å². The van der Waals surface area contributed by atoms with Gasteiger partial charge in [0.15, 0.2) is 0 Å². The van der Waals surface area contributed by atoms with E-state index < -0.39 is 0 Å². The Bertz CT molecular complexity index is 586. The van der Waals surface area contributed by atoms with Gasteiger partial charge in [0.1, 0.15) is 6.54 Å². The smallest absolute Gasteiger partial charge is 0.103 e. The first-order valence-corrected chi connectivity index (χ1v) is 7.99. The van der Waals surface area contributed by atoms with Crippen LogP contribution in [0.5, 0.6) is 0 Å². The van der Waals surface area contributed by atoms with Gasteiger partial charge < -0.3 is 9.80 Å². The highest BCUT2D eigenvalue weighted by Gasteiger charge is 2.20. The fourth-order valence-corrected chi connectivity index (χ4v) is 3.11. The van der Waals surface area contributed by atoms with E-state index in [1.807, 2.05) is 12.1 Å². The molecule has 3 heteroatoms. The number of benzene rings is 2. The molecular formula is C18H22ClN2+. The summed E-state index contributed by atoms with van der Waals surface area (Å²) in [5.74, 6) is 0. The van der Waals surface area contributed by atoms with Gasteiger partial charge >= 0.3 is 0 Å². The third kappa shape index (κ3) is 3.58. The van der Waals surface area contributed by atoms with Crippen molar-refractivity contribution in [1.29, 1.82) is 0 Å². The van der Waals surface area contributed by atoms with Gasteiger partial charge in [0.05, 0.1) is 26.2 Å². The van der Waals surface area contributed by atoms with Crippen molar-refractivity contribution < 1.29 is 4.90 Å². The zero-order valence-electron chi connectivity index (χ0n) is 12.5. The third-order valence-corrected chi connectivity index (χ3v) is 4.62. The fraction of sp³-hybridized carbons (Fsp3) is 0.333. The summed E-state index contributed by atoms with van der Waals surface area (Å²) in [4.78, 5) is 4.13. The summed E-state index contributed by atoms with van der Waals surface area (Å²) in [6, 6.07) is 16.9. The molecule has 0 amide bonds. The lowest BCUT2D eigenvalue weighted by atomic mass is 10.1. The van der Waals surface area contributed by atoms with Gasteiger partial charge in [-0.15, -0.1) is 0 Å². The molecule has 21 heavy (non-hydrogen) atoms. The van der Waals surface area contributed by atoms with Gasteiger partial charge in [0, 0.05) is 16.3 Å². The summed E-state index contributed by atoms with van der Waals surface area (Å²) >= 11 is 5.96. The second kappa shape index (κ2) is 6.50. The average molecular weight is 302 g/mol. The molecule has 1 N–H and O–H groups in total. The number of anilines is 1. The number of hydrogen-bond acceptors (Lipinski definition) is 1. The number of nitrogens with zero attached hydrogens (tertiary/aromatic N) is 1. The van der Waals surface area contributed by atoms with Crippen LogP contribution in [0.15, 0.2) is 48.5 Å². The van der Waals surface area contributed by atoms with E-state index in [1.54, 1.807) is 4.90 Å². The van der Waals surface area contributed by atoms with Crippen LogP contribution in [0.1, 0.15) is 11.1 Å². The van der Waals surface area contributed by atoms with Crippen molar-refractivity contribution >= 4 is 17.3 Å². The molecule has 0 radical (unpaired) electrons. The van der Waals surface area contributed by atoms with Gasteiger partial charge in [-0.25, -0.2) is 0 Å². The van der Waals surface area contributed by atoms with Crippen molar-refractivity contribution in [3.63, 3.8) is 0 Å². The molecule has 2 aromatic rings. The normalized spacial score (nSPS) is 16.2. The van der Waals surface area contributed by atoms with Crippen molar-refractivity contribution in [3.8, 4) is 0 Å². The molecule has 110 valence electrons. The molecule has 1 aliphatic heterocycles. The van der Waals surface area contributed by atoms with Crippen LogP contribution < -0.4 is 9.80 Å². The van der Waals surface area contributed by atoms with E-state index in [1.165, 1.54) is 29.9 Å². The van der Waals surface area contributed by atoms with Crippen LogP contribution >= 0.6 is 11.6 Å². The Morgan fingerprint density at radius 1 is 1.00 bits per heavy atom. The highest BCUT2D eigenvalue weighted by Crippen LogP contribution is 2.17. The number of piperazine rings is 1. The molecule has 0 atom stereocenters. The van der Waals surface area contributed by atoms with Crippen LogP contribution in [0.4, 0.5) is 5.69 Å². The quantitative estimate of drug-likeness (QED) is 0.915. The number of rotatable bonds is 3. The van der Waals surface area contributed by atoms with Crippen LogP contribution in [-0.4, -0.2) is 26.2 Å². The summed E-state index contributed by atoms with van der Waals surface area (Å²) in [6.45, 7) is 7.96. The van der Waals surface area contributed by atoms with Gasteiger partial charge in [-0.2, -0.15) is 0 Å². The lowest BCUT2D eigenvalue weighted by Gasteiger charge is -2.34. The Hall–Kier alpha value is -1.51. The Morgan fingerprint density at radius 2 is 1.67 bits per heavy atom. The van der Waals surface area contributed by atoms with Crippen LogP contribution in [0.25, 0.3) is 0 Å². The minimum Gasteiger partial charge on any atom is -0.360 e. The minimum absolute atomic E-state index is 0.808. The molecule has 3 rings (SSSR count). The Morgan fingerprint density at radius 3 is 2.33 bits per heavy atom. The molecule has 0 unspecified atom stereocenters. The van der Waals surface area contributed by atoms with E-state index >= 15 is 0 Å². The minimum atomic E-state index is 0.808. The maximum atomic E-state index is 5.96. The van der Waals surface area contributed by atoms with E-state index in [0.29, 0.717) is 0 Å². The van der Waals surface area contributed by atoms with Crippen molar-refractivity contribution in [2.24, 2.45) is 0 Å². The maximum absolute atomic E-state index is 5.96. The summed E-state index contributed by atoms with van der Waals surface area (Å²) in [5, 5.41) is 0.808. The second-order valence-corrected chi connectivity index (χ2v) is 6.25. The standard InChI is InChI=1S/C18H21ClN2/c1-15-4-2-3-5-16(15)14-20-10-12-21(13-11-20)18-8-6-17(19)7-9-18/h2-9H,10-14H2,1H3/p+1. The molecule has 0 spiro atoms. The number of hydrogen-bond donors (Lipinski definition) is 1. The first kappa shape index (κ1) is 14.4. The SMILES string of the molecule is Cc1ccccc1C[NH+]1CCN(c2ccc(Cl)cc2)CC1. The zero-order valence-corrected chi connectivity index (χ0v) is 13.2. The van der Waals surface area contributed by atoms with E-state index in [-0.39, 0.29) is 0 Å². The van der Waals surface area contributed by atoms with E-state index in [0.717, 1.165) is 24.7 Å². The van der Waals surface area contributed by atoms with Crippen LogP contribution in [0.2, 0.25) is 5.02 Å².